The van der Waals surface area contributed by atoms with Crippen molar-refractivity contribution in [3.63, 3.8) is 0 Å². The van der Waals surface area contributed by atoms with E-state index in [1.807, 2.05) is 74.5 Å². The molecular weight excluding hydrogens is 318 g/mol. The van der Waals surface area contributed by atoms with Gasteiger partial charge >= 0.3 is 0 Å². The maximum atomic E-state index is 4.75. The van der Waals surface area contributed by atoms with E-state index in [1.165, 1.54) is 0 Å². The molecule has 128 valence electrons. The van der Waals surface area contributed by atoms with Crippen molar-refractivity contribution in [2.45, 2.75) is 13.8 Å². The average molecular weight is 339 g/mol. The van der Waals surface area contributed by atoms with E-state index < -0.39 is 0 Å². The van der Waals surface area contributed by atoms with Gasteiger partial charge in [-0.25, -0.2) is 9.97 Å². The summed E-state index contributed by atoms with van der Waals surface area (Å²) in [6, 6.07) is 17.9. The highest BCUT2D eigenvalue weighted by atomic mass is 15.0. The van der Waals surface area contributed by atoms with Crippen LogP contribution in [0.2, 0.25) is 0 Å². The predicted molar refractivity (Wildman–Crippen MR) is 110 cm³/mol. The number of allylic oxidation sites excluding steroid dienone is 3. The molecule has 0 amide bonds. The summed E-state index contributed by atoms with van der Waals surface area (Å²) in [6.45, 7) is 11.7. The van der Waals surface area contributed by atoms with Gasteiger partial charge in [0.05, 0.1) is 11.2 Å². The summed E-state index contributed by atoms with van der Waals surface area (Å²) in [4.78, 5) is 9.45. The summed E-state index contributed by atoms with van der Waals surface area (Å²) in [7, 11) is 0. The Hall–Kier alpha value is -3.42. The van der Waals surface area contributed by atoms with Gasteiger partial charge in [-0.05, 0) is 37.6 Å². The van der Waals surface area contributed by atoms with Crippen LogP contribution in [0, 0.1) is 0 Å². The Morgan fingerprint density at radius 3 is 2.38 bits per heavy atom. The molecule has 1 heterocycles. The molecule has 0 aliphatic heterocycles. The van der Waals surface area contributed by atoms with Gasteiger partial charge in [-0.1, -0.05) is 61.2 Å². The van der Waals surface area contributed by atoms with E-state index in [0.717, 1.165) is 39.1 Å². The second-order valence-electron chi connectivity index (χ2n) is 6.10. The summed E-state index contributed by atoms with van der Waals surface area (Å²) >= 11 is 0. The number of para-hydroxylation sites is 1. The van der Waals surface area contributed by atoms with Crippen LogP contribution >= 0.6 is 0 Å². The Bertz CT molecular complexity index is 1040. The molecule has 0 atom stereocenters. The monoisotopic (exact) mass is 339 g/mol. The van der Waals surface area contributed by atoms with E-state index in [-0.39, 0.29) is 0 Å². The molecule has 3 rings (SSSR count). The number of benzene rings is 2. The molecule has 0 bridgehead atoms. The summed E-state index contributed by atoms with van der Waals surface area (Å²) in [5.74, 6) is 1.40. The highest BCUT2D eigenvalue weighted by Crippen LogP contribution is 2.26. The lowest BCUT2D eigenvalue weighted by Gasteiger charge is -2.11. The van der Waals surface area contributed by atoms with E-state index in [0.29, 0.717) is 5.82 Å². The number of fused-ring (bicyclic) bond motifs is 1. The van der Waals surface area contributed by atoms with Gasteiger partial charge in [0.1, 0.15) is 5.82 Å². The molecule has 0 saturated carbocycles. The largest absolute Gasteiger partial charge is 0.333 e. The van der Waals surface area contributed by atoms with Crippen molar-refractivity contribution in [2.75, 3.05) is 5.32 Å². The predicted octanol–water partition coefficient (Wildman–Crippen LogP) is 5.90. The SMILES string of the molecule is C=C=C(/C=C(/C)C(=C)C)Nc1nc(-c2ccccc2)nc2ccccc12. The van der Waals surface area contributed by atoms with Gasteiger partial charge in [0.25, 0.3) is 0 Å². The van der Waals surface area contributed by atoms with E-state index in [2.05, 4.69) is 24.2 Å². The Morgan fingerprint density at radius 2 is 1.69 bits per heavy atom. The van der Waals surface area contributed by atoms with Gasteiger partial charge in [0.15, 0.2) is 5.82 Å². The molecule has 0 aliphatic rings. The summed E-state index contributed by atoms with van der Waals surface area (Å²) in [5, 5.41) is 4.29. The molecule has 3 heteroatoms. The third-order valence-electron chi connectivity index (χ3n) is 4.11. The number of rotatable bonds is 5. The molecule has 1 N–H and O–H groups in total. The number of hydrogen-bond acceptors (Lipinski definition) is 3. The lowest BCUT2D eigenvalue weighted by molar-refractivity contribution is 1.21. The third-order valence-corrected chi connectivity index (χ3v) is 4.11. The van der Waals surface area contributed by atoms with Crippen molar-refractivity contribution in [2.24, 2.45) is 0 Å². The van der Waals surface area contributed by atoms with Gasteiger partial charge in [-0.3, -0.25) is 0 Å². The third kappa shape index (κ3) is 3.80. The molecule has 0 fully saturated rings. The Labute approximate surface area is 154 Å². The molecule has 3 aromatic rings. The topological polar surface area (TPSA) is 37.8 Å². The molecule has 2 aromatic carbocycles. The number of hydrogen-bond donors (Lipinski definition) is 1. The van der Waals surface area contributed by atoms with Crippen molar-refractivity contribution >= 4 is 16.7 Å². The number of aromatic nitrogens is 2. The van der Waals surface area contributed by atoms with Crippen LogP contribution in [0.4, 0.5) is 5.82 Å². The second-order valence-corrected chi connectivity index (χ2v) is 6.10. The van der Waals surface area contributed by atoms with Crippen LogP contribution in [0.5, 0.6) is 0 Å². The molecule has 0 spiro atoms. The van der Waals surface area contributed by atoms with Crippen LogP contribution in [-0.2, 0) is 0 Å². The zero-order chi connectivity index (χ0) is 18.5. The summed E-state index contributed by atoms with van der Waals surface area (Å²) in [5.41, 5.74) is 7.59. The lowest BCUT2D eigenvalue weighted by atomic mass is 10.1. The highest BCUT2D eigenvalue weighted by Gasteiger charge is 2.10. The second kappa shape index (κ2) is 7.64. The smallest absolute Gasteiger partial charge is 0.162 e. The minimum absolute atomic E-state index is 0.677. The summed E-state index contributed by atoms with van der Waals surface area (Å²) in [6.07, 6.45) is 1.97. The van der Waals surface area contributed by atoms with Gasteiger partial charge < -0.3 is 5.32 Å². The fraction of sp³-hybridized carbons (Fsp3) is 0.0870. The minimum Gasteiger partial charge on any atom is -0.333 e. The van der Waals surface area contributed by atoms with Crippen molar-refractivity contribution in [3.05, 3.63) is 96.4 Å². The van der Waals surface area contributed by atoms with Crippen molar-refractivity contribution in [3.8, 4) is 11.4 Å². The zero-order valence-corrected chi connectivity index (χ0v) is 15.1. The molecule has 1 aromatic heterocycles. The first-order valence-electron chi connectivity index (χ1n) is 8.42. The molecular formula is C23H21N3. The number of nitrogens with zero attached hydrogens (tertiary/aromatic N) is 2. The molecule has 0 radical (unpaired) electrons. The molecule has 0 unspecified atom stereocenters. The fourth-order valence-corrected chi connectivity index (χ4v) is 2.49. The first-order chi connectivity index (χ1) is 12.6. The number of nitrogens with one attached hydrogen (secondary N) is 1. The van der Waals surface area contributed by atoms with Gasteiger partial charge in [-0.15, -0.1) is 5.73 Å². The summed E-state index contributed by atoms with van der Waals surface area (Å²) < 4.78 is 0. The first kappa shape index (κ1) is 17.4. The van der Waals surface area contributed by atoms with Crippen molar-refractivity contribution in [1.29, 1.82) is 0 Å². The van der Waals surface area contributed by atoms with Crippen LogP contribution in [0.25, 0.3) is 22.3 Å². The van der Waals surface area contributed by atoms with Crippen molar-refractivity contribution < 1.29 is 0 Å². The van der Waals surface area contributed by atoms with Crippen molar-refractivity contribution in [1.82, 2.24) is 9.97 Å². The van der Waals surface area contributed by atoms with Crippen LogP contribution in [0.3, 0.4) is 0 Å². The zero-order valence-electron chi connectivity index (χ0n) is 15.1. The maximum absolute atomic E-state index is 4.75. The Balaban J connectivity index is 2.11. The maximum Gasteiger partial charge on any atom is 0.162 e. The average Bonchev–Trinajstić information content (AvgIpc) is 2.67. The number of anilines is 1. The first-order valence-corrected chi connectivity index (χ1v) is 8.42. The Kier molecular flexibility index (Phi) is 5.12. The van der Waals surface area contributed by atoms with Crippen LogP contribution in [0.1, 0.15) is 13.8 Å². The Morgan fingerprint density at radius 1 is 1.00 bits per heavy atom. The standard InChI is InChI=1S/C23H21N3/c1-5-19(15-17(4)16(2)3)24-23-20-13-9-10-14-21(20)25-22(26-23)18-11-7-6-8-12-18/h6-15H,1-2H2,3-4H3,(H,24,25,26)/b17-15-. The van der Waals surface area contributed by atoms with Crippen LogP contribution in [0.15, 0.2) is 96.4 Å². The van der Waals surface area contributed by atoms with E-state index in [4.69, 9.17) is 9.97 Å². The van der Waals surface area contributed by atoms with Gasteiger partial charge in [0.2, 0.25) is 0 Å². The molecule has 26 heavy (non-hydrogen) atoms. The van der Waals surface area contributed by atoms with Gasteiger partial charge in [0, 0.05) is 10.9 Å². The van der Waals surface area contributed by atoms with E-state index >= 15 is 0 Å². The van der Waals surface area contributed by atoms with Gasteiger partial charge in [-0.2, -0.15) is 0 Å². The van der Waals surface area contributed by atoms with E-state index in [1.54, 1.807) is 0 Å². The minimum atomic E-state index is 0.677. The van der Waals surface area contributed by atoms with Crippen LogP contribution in [-0.4, -0.2) is 9.97 Å². The molecule has 0 aliphatic carbocycles. The van der Waals surface area contributed by atoms with E-state index in [9.17, 15) is 0 Å². The molecule has 0 saturated heterocycles. The highest BCUT2D eigenvalue weighted by molar-refractivity contribution is 5.91. The lowest BCUT2D eigenvalue weighted by Crippen LogP contribution is -2.03. The normalized spacial score (nSPS) is 11.1. The molecule has 3 nitrogen and oxygen atoms in total. The quantitative estimate of drug-likeness (QED) is 0.464. The fourth-order valence-electron chi connectivity index (χ4n) is 2.49. The van der Waals surface area contributed by atoms with Crippen LogP contribution < -0.4 is 5.32 Å².